The predicted octanol–water partition coefficient (Wildman–Crippen LogP) is 1.88. The molecule has 1 aromatic heterocycles. The Morgan fingerprint density at radius 1 is 1.06 bits per heavy atom. The number of aromatic amines is 1. The van der Waals surface area contributed by atoms with Gasteiger partial charge in [0.25, 0.3) is 5.56 Å². The van der Waals surface area contributed by atoms with E-state index in [-0.39, 0.29) is 5.56 Å². The molecule has 0 spiro atoms. The number of anilines is 1. The van der Waals surface area contributed by atoms with Gasteiger partial charge in [-0.05, 0) is 12.1 Å². The van der Waals surface area contributed by atoms with E-state index >= 15 is 0 Å². The average molecular weight is 238 g/mol. The van der Waals surface area contributed by atoms with Gasteiger partial charge in [-0.15, -0.1) is 0 Å². The molecule has 3 rings (SSSR count). The van der Waals surface area contributed by atoms with E-state index in [9.17, 15) is 4.79 Å². The summed E-state index contributed by atoms with van der Waals surface area (Å²) < 4.78 is 0. The zero-order valence-electron chi connectivity index (χ0n) is 10.4. The lowest BCUT2D eigenvalue weighted by atomic mass is 10.0. The van der Waals surface area contributed by atoms with Crippen LogP contribution in [0.25, 0.3) is 28.1 Å². The van der Waals surface area contributed by atoms with E-state index in [1.165, 1.54) is 0 Å². The van der Waals surface area contributed by atoms with Crippen molar-refractivity contribution in [3.05, 3.63) is 46.0 Å². The Labute approximate surface area is 104 Å². The van der Waals surface area contributed by atoms with Gasteiger partial charge in [-0.25, -0.2) is 0 Å². The van der Waals surface area contributed by atoms with E-state index in [0.717, 1.165) is 27.2 Å². The van der Waals surface area contributed by atoms with Crippen LogP contribution in [0.2, 0.25) is 0 Å². The van der Waals surface area contributed by atoms with Crippen molar-refractivity contribution < 1.29 is 0 Å². The standard InChI is InChI=1S/C15H14N2O/c1-9-10-7-8-13(17(2)3)11-5-4-6-12(14(10)11)15(18)16-9/h4-8H,1H2,2-3H3,(H,16,18). The summed E-state index contributed by atoms with van der Waals surface area (Å²) in [6, 6.07) is 9.89. The zero-order valence-corrected chi connectivity index (χ0v) is 10.4. The van der Waals surface area contributed by atoms with Crippen LogP contribution in [0.15, 0.2) is 35.1 Å². The topological polar surface area (TPSA) is 36.1 Å². The van der Waals surface area contributed by atoms with Crippen molar-refractivity contribution in [1.29, 1.82) is 0 Å². The van der Waals surface area contributed by atoms with Crippen molar-refractivity contribution in [2.24, 2.45) is 0 Å². The molecule has 0 fully saturated rings. The Hall–Kier alpha value is -2.29. The summed E-state index contributed by atoms with van der Waals surface area (Å²) in [5, 5.41) is 4.49. The fourth-order valence-electron chi connectivity index (χ4n) is 2.49. The normalized spacial score (nSPS) is 11.2. The summed E-state index contributed by atoms with van der Waals surface area (Å²) >= 11 is 0. The number of nitrogens with one attached hydrogen (secondary N) is 1. The molecule has 1 N–H and O–H groups in total. The molecule has 18 heavy (non-hydrogen) atoms. The molecule has 0 atom stereocenters. The van der Waals surface area contributed by atoms with Crippen LogP contribution in [0, 0.1) is 0 Å². The molecular weight excluding hydrogens is 224 g/mol. The highest BCUT2D eigenvalue weighted by molar-refractivity contribution is 6.14. The molecule has 3 aromatic rings. The van der Waals surface area contributed by atoms with Crippen molar-refractivity contribution >= 4 is 33.8 Å². The van der Waals surface area contributed by atoms with Gasteiger partial charge in [-0.2, -0.15) is 0 Å². The number of hydrogen-bond acceptors (Lipinski definition) is 2. The summed E-state index contributed by atoms with van der Waals surface area (Å²) in [5.74, 6) is 0. The second-order valence-corrected chi connectivity index (χ2v) is 4.69. The fourth-order valence-corrected chi connectivity index (χ4v) is 2.49. The van der Waals surface area contributed by atoms with Crippen LogP contribution in [-0.4, -0.2) is 19.1 Å². The Morgan fingerprint density at radius 3 is 2.50 bits per heavy atom. The van der Waals surface area contributed by atoms with Crippen LogP contribution in [-0.2, 0) is 0 Å². The van der Waals surface area contributed by atoms with Crippen molar-refractivity contribution in [2.75, 3.05) is 19.0 Å². The van der Waals surface area contributed by atoms with Gasteiger partial charge >= 0.3 is 0 Å². The van der Waals surface area contributed by atoms with Crippen molar-refractivity contribution in [1.82, 2.24) is 4.98 Å². The third-order valence-corrected chi connectivity index (χ3v) is 3.33. The molecule has 0 saturated carbocycles. The zero-order chi connectivity index (χ0) is 12.9. The number of benzene rings is 2. The second-order valence-electron chi connectivity index (χ2n) is 4.69. The Balaban J connectivity index is 2.69. The number of rotatable bonds is 1. The van der Waals surface area contributed by atoms with Gasteiger partial charge in [-0.1, -0.05) is 24.8 Å². The van der Waals surface area contributed by atoms with E-state index in [2.05, 4.69) is 22.5 Å². The molecule has 2 aromatic carbocycles. The maximum Gasteiger partial charge on any atom is 0.256 e. The highest BCUT2D eigenvalue weighted by Gasteiger charge is 2.10. The van der Waals surface area contributed by atoms with Crippen LogP contribution in [0.4, 0.5) is 5.69 Å². The van der Waals surface area contributed by atoms with Gasteiger partial charge in [0, 0.05) is 46.7 Å². The summed E-state index contributed by atoms with van der Waals surface area (Å²) in [7, 11) is 4.00. The van der Waals surface area contributed by atoms with Crippen LogP contribution >= 0.6 is 0 Å². The lowest BCUT2D eigenvalue weighted by Gasteiger charge is -2.17. The molecule has 0 unspecified atom stereocenters. The molecule has 1 heterocycles. The Bertz CT molecular complexity index is 816. The molecule has 0 aliphatic rings. The minimum atomic E-state index is -0.0750. The lowest BCUT2D eigenvalue weighted by Crippen LogP contribution is -2.20. The molecular formula is C15H14N2O. The lowest BCUT2D eigenvalue weighted by molar-refractivity contribution is 1.14. The van der Waals surface area contributed by atoms with Gasteiger partial charge in [0.15, 0.2) is 0 Å². The smallest absolute Gasteiger partial charge is 0.256 e. The van der Waals surface area contributed by atoms with Crippen molar-refractivity contribution in [3.63, 3.8) is 0 Å². The Kier molecular flexibility index (Phi) is 2.17. The summed E-state index contributed by atoms with van der Waals surface area (Å²) in [6.45, 7) is 3.92. The first kappa shape index (κ1) is 10.8. The van der Waals surface area contributed by atoms with E-state index < -0.39 is 0 Å². The van der Waals surface area contributed by atoms with Gasteiger partial charge in [0.1, 0.15) is 0 Å². The number of H-pyrrole nitrogens is 1. The van der Waals surface area contributed by atoms with E-state index in [0.29, 0.717) is 5.35 Å². The minimum Gasteiger partial charge on any atom is -0.377 e. The number of pyridine rings is 1. The number of aromatic nitrogens is 1. The third kappa shape index (κ3) is 1.34. The maximum atomic E-state index is 12.0. The minimum absolute atomic E-state index is 0.0750. The molecule has 90 valence electrons. The van der Waals surface area contributed by atoms with E-state index in [4.69, 9.17) is 0 Å². The van der Waals surface area contributed by atoms with Crippen molar-refractivity contribution in [3.8, 4) is 0 Å². The molecule has 3 nitrogen and oxygen atoms in total. The second kappa shape index (κ2) is 3.60. The maximum absolute atomic E-state index is 12.0. The first-order valence-corrected chi connectivity index (χ1v) is 5.83. The van der Waals surface area contributed by atoms with E-state index in [1.807, 2.05) is 38.4 Å². The highest BCUT2D eigenvalue weighted by atomic mass is 16.1. The predicted molar refractivity (Wildman–Crippen MR) is 77.1 cm³/mol. The van der Waals surface area contributed by atoms with Crippen LogP contribution in [0.5, 0.6) is 0 Å². The summed E-state index contributed by atoms with van der Waals surface area (Å²) in [6.07, 6.45) is 0. The molecule has 0 saturated heterocycles. The fraction of sp³-hybridized carbons (Fsp3) is 0.133. The molecule has 3 heteroatoms. The largest absolute Gasteiger partial charge is 0.377 e. The molecule has 0 aliphatic carbocycles. The first-order chi connectivity index (χ1) is 8.59. The average Bonchev–Trinajstić information content (AvgIpc) is 2.34. The number of nitrogens with zero attached hydrogens (tertiary/aromatic N) is 1. The van der Waals surface area contributed by atoms with Crippen LogP contribution in [0.1, 0.15) is 0 Å². The molecule has 0 bridgehead atoms. The Morgan fingerprint density at radius 2 is 1.78 bits per heavy atom. The molecule has 0 radical (unpaired) electrons. The van der Waals surface area contributed by atoms with Gasteiger partial charge < -0.3 is 9.88 Å². The SMILES string of the molecule is C=c1[nH]c(=O)c2cccc3c(N(C)C)ccc1c32. The van der Waals surface area contributed by atoms with Gasteiger partial charge in [0.05, 0.1) is 0 Å². The number of hydrogen-bond donors (Lipinski definition) is 1. The van der Waals surface area contributed by atoms with Gasteiger partial charge in [-0.3, -0.25) is 4.79 Å². The summed E-state index contributed by atoms with van der Waals surface area (Å²) in [4.78, 5) is 16.8. The third-order valence-electron chi connectivity index (χ3n) is 3.33. The molecule has 0 aliphatic heterocycles. The monoisotopic (exact) mass is 238 g/mol. The summed E-state index contributed by atoms with van der Waals surface area (Å²) in [5.41, 5.74) is 1.03. The van der Waals surface area contributed by atoms with Crippen molar-refractivity contribution in [2.45, 2.75) is 0 Å². The van der Waals surface area contributed by atoms with Crippen LogP contribution < -0.4 is 15.8 Å². The van der Waals surface area contributed by atoms with E-state index in [1.54, 1.807) is 0 Å². The quantitative estimate of drug-likeness (QED) is 0.702. The molecule has 0 amide bonds. The van der Waals surface area contributed by atoms with Crippen LogP contribution in [0.3, 0.4) is 0 Å². The first-order valence-electron chi connectivity index (χ1n) is 5.83. The highest BCUT2D eigenvalue weighted by Crippen LogP contribution is 2.29. The van der Waals surface area contributed by atoms with Gasteiger partial charge in [0.2, 0.25) is 0 Å².